The average molecular weight is 159 g/mol. The topological polar surface area (TPSA) is 38.7 Å². The van der Waals surface area contributed by atoms with Gasteiger partial charge in [-0.2, -0.15) is 0 Å². The first kappa shape index (κ1) is 13.1. The molecule has 0 aromatic carbocycles. The summed E-state index contributed by atoms with van der Waals surface area (Å²) in [5.41, 5.74) is 0. The predicted octanol–water partition coefficient (Wildman–Crippen LogP) is -0.739. The van der Waals surface area contributed by atoms with Gasteiger partial charge in [-0.3, -0.25) is 0 Å². The molecule has 1 fully saturated rings. The minimum Gasteiger partial charge on any atom is -0.400 e. The van der Waals surface area contributed by atoms with E-state index in [1.54, 1.807) is 0 Å². The van der Waals surface area contributed by atoms with Gasteiger partial charge in [0.1, 0.15) is 0 Å². The van der Waals surface area contributed by atoms with E-state index in [4.69, 9.17) is 14.6 Å². The zero-order valence-corrected chi connectivity index (χ0v) is 9.22. The van der Waals surface area contributed by atoms with E-state index in [9.17, 15) is 0 Å². The predicted molar refractivity (Wildman–Crippen MR) is 35.5 cm³/mol. The normalized spacial score (nSPS) is 16.7. The molecule has 0 aromatic rings. The summed E-state index contributed by atoms with van der Waals surface area (Å²) < 4.78 is 9.89. The van der Waals surface area contributed by atoms with Crippen LogP contribution in [-0.2, 0) is 9.47 Å². The second-order valence-electron chi connectivity index (χ2n) is 1.22. The summed E-state index contributed by atoms with van der Waals surface area (Å²) in [6.07, 6.45) is 0. The fourth-order valence-electron chi connectivity index (χ4n) is 0.440. The van der Waals surface area contributed by atoms with Crippen molar-refractivity contribution in [1.29, 1.82) is 0 Å². The molecule has 1 aliphatic rings. The molecule has 9 heavy (non-hydrogen) atoms. The summed E-state index contributed by atoms with van der Waals surface area (Å²) in [6, 6.07) is 0. The largest absolute Gasteiger partial charge is 0.400 e. The molecule has 1 heterocycles. The standard InChI is InChI=1S/C4H8O2.CH4O.K/c1-2-6-4-3-5-1;1-2;/h1-4H2;2H,1H3;. The van der Waals surface area contributed by atoms with Gasteiger partial charge in [0.25, 0.3) is 0 Å². The molecule has 1 saturated heterocycles. The zero-order valence-electron chi connectivity index (χ0n) is 6.09. The molecular formula is C5H12KO3. The van der Waals surface area contributed by atoms with Gasteiger partial charge in [-0.15, -0.1) is 0 Å². The summed E-state index contributed by atoms with van der Waals surface area (Å²) >= 11 is 0. The minimum absolute atomic E-state index is 0. The summed E-state index contributed by atoms with van der Waals surface area (Å²) in [5, 5.41) is 7.00. The Kier molecular flexibility index (Phi) is 17.8. The Balaban J connectivity index is 0. The third kappa shape index (κ3) is 9.52. The van der Waals surface area contributed by atoms with Crippen LogP contribution >= 0.6 is 0 Å². The van der Waals surface area contributed by atoms with Gasteiger partial charge in [0.05, 0.1) is 26.4 Å². The van der Waals surface area contributed by atoms with Crippen LogP contribution in [0.2, 0.25) is 0 Å². The van der Waals surface area contributed by atoms with Gasteiger partial charge in [-0.25, -0.2) is 0 Å². The first-order valence-corrected chi connectivity index (χ1v) is 2.60. The van der Waals surface area contributed by atoms with Gasteiger partial charge in [-0.05, 0) is 0 Å². The Morgan fingerprint density at radius 2 is 1.11 bits per heavy atom. The van der Waals surface area contributed by atoms with Crippen molar-refractivity contribution in [3.05, 3.63) is 0 Å². The molecule has 0 amide bonds. The molecule has 0 aromatic heterocycles. The van der Waals surface area contributed by atoms with E-state index in [-0.39, 0.29) is 51.4 Å². The number of hydrogen-bond acceptors (Lipinski definition) is 3. The van der Waals surface area contributed by atoms with Crippen molar-refractivity contribution >= 4 is 51.4 Å². The quantitative estimate of drug-likeness (QED) is 0.473. The van der Waals surface area contributed by atoms with Crippen molar-refractivity contribution in [1.82, 2.24) is 0 Å². The maximum absolute atomic E-state index is 7.00. The van der Waals surface area contributed by atoms with Gasteiger partial charge in [-0.1, -0.05) is 0 Å². The molecule has 1 N–H and O–H groups in total. The zero-order chi connectivity index (χ0) is 6.24. The van der Waals surface area contributed by atoms with Crippen LogP contribution in [0.25, 0.3) is 0 Å². The molecule has 0 atom stereocenters. The maximum atomic E-state index is 7.00. The number of ether oxygens (including phenoxy) is 2. The monoisotopic (exact) mass is 159 g/mol. The van der Waals surface area contributed by atoms with E-state index in [0.717, 1.165) is 33.5 Å². The Morgan fingerprint density at radius 3 is 1.22 bits per heavy atom. The smallest absolute Gasteiger partial charge is 0.0701 e. The van der Waals surface area contributed by atoms with Crippen molar-refractivity contribution in [2.24, 2.45) is 0 Å². The Bertz CT molecular complexity index is 27.7. The molecule has 4 heteroatoms. The van der Waals surface area contributed by atoms with E-state index < -0.39 is 0 Å². The second-order valence-corrected chi connectivity index (χ2v) is 1.22. The molecule has 0 bridgehead atoms. The Morgan fingerprint density at radius 1 is 0.889 bits per heavy atom. The van der Waals surface area contributed by atoms with Crippen LogP contribution in [0, 0.1) is 0 Å². The summed E-state index contributed by atoms with van der Waals surface area (Å²) in [4.78, 5) is 0. The molecule has 0 unspecified atom stereocenters. The van der Waals surface area contributed by atoms with E-state index in [0.29, 0.717) is 0 Å². The van der Waals surface area contributed by atoms with E-state index in [1.165, 1.54) is 0 Å². The number of rotatable bonds is 0. The molecule has 1 rings (SSSR count). The van der Waals surface area contributed by atoms with E-state index in [1.807, 2.05) is 0 Å². The number of aliphatic hydroxyl groups excluding tert-OH is 1. The van der Waals surface area contributed by atoms with Crippen LogP contribution < -0.4 is 0 Å². The third-order valence-corrected chi connectivity index (χ3v) is 0.744. The van der Waals surface area contributed by atoms with Gasteiger partial charge in [0.2, 0.25) is 0 Å². The molecule has 1 aliphatic heterocycles. The third-order valence-electron chi connectivity index (χ3n) is 0.744. The van der Waals surface area contributed by atoms with Gasteiger partial charge < -0.3 is 14.6 Å². The van der Waals surface area contributed by atoms with Crippen LogP contribution in [0.3, 0.4) is 0 Å². The van der Waals surface area contributed by atoms with Crippen molar-refractivity contribution in [3.63, 3.8) is 0 Å². The average Bonchev–Trinajstić information content (AvgIpc) is 1.96. The molecule has 51 valence electrons. The fourth-order valence-corrected chi connectivity index (χ4v) is 0.440. The van der Waals surface area contributed by atoms with E-state index >= 15 is 0 Å². The molecule has 0 spiro atoms. The van der Waals surface area contributed by atoms with Gasteiger partial charge >= 0.3 is 0 Å². The first-order valence-electron chi connectivity index (χ1n) is 2.60. The summed E-state index contributed by atoms with van der Waals surface area (Å²) in [7, 11) is 1.00. The van der Waals surface area contributed by atoms with Crippen LogP contribution in [0.5, 0.6) is 0 Å². The number of aliphatic hydroxyl groups is 1. The second kappa shape index (κ2) is 12.2. The van der Waals surface area contributed by atoms with Gasteiger partial charge in [0, 0.05) is 58.5 Å². The van der Waals surface area contributed by atoms with Crippen molar-refractivity contribution in [2.45, 2.75) is 0 Å². The van der Waals surface area contributed by atoms with Crippen molar-refractivity contribution < 1.29 is 14.6 Å². The van der Waals surface area contributed by atoms with Crippen molar-refractivity contribution in [3.8, 4) is 0 Å². The SMILES string of the molecule is C1COCCO1.CO.[K]. The Hall–Kier alpha value is 1.52. The van der Waals surface area contributed by atoms with Crippen LogP contribution in [0.15, 0.2) is 0 Å². The van der Waals surface area contributed by atoms with Crippen LogP contribution in [0.1, 0.15) is 0 Å². The molecular weight excluding hydrogens is 147 g/mol. The molecule has 1 radical (unpaired) electrons. The first-order chi connectivity index (χ1) is 4.00. The Labute approximate surface area is 98.1 Å². The van der Waals surface area contributed by atoms with Gasteiger partial charge in [0.15, 0.2) is 0 Å². The van der Waals surface area contributed by atoms with Crippen LogP contribution in [-0.4, -0.2) is 90.0 Å². The van der Waals surface area contributed by atoms with E-state index in [2.05, 4.69) is 0 Å². The van der Waals surface area contributed by atoms with Crippen molar-refractivity contribution in [2.75, 3.05) is 33.5 Å². The number of hydrogen-bond donors (Lipinski definition) is 1. The molecule has 3 nitrogen and oxygen atoms in total. The molecule has 0 aliphatic carbocycles. The fraction of sp³-hybridized carbons (Fsp3) is 1.00. The van der Waals surface area contributed by atoms with Crippen LogP contribution in [0.4, 0.5) is 0 Å². The molecule has 0 saturated carbocycles. The summed E-state index contributed by atoms with van der Waals surface area (Å²) in [6.45, 7) is 3.11. The maximum Gasteiger partial charge on any atom is 0.0701 e. The minimum atomic E-state index is 0. The summed E-state index contributed by atoms with van der Waals surface area (Å²) in [5.74, 6) is 0.